The van der Waals surface area contributed by atoms with Gasteiger partial charge in [-0.3, -0.25) is 0 Å². The van der Waals surface area contributed by atoms with Gasteiger partial charge in [-0.25, -0.2) is 0 Å². The van der Waals surface area contributed by atoms with E-state index in [-0.39, 0.29) is 21.7 Å². The van der Waals surface area contributed by atoms with Crippen molar-refractivity contribution in [1.29, 1.82) is 0 Å². The highest BCUT2D eigenvalue weighted by molar-refractivity contribution is 6.65. The molecule has 4 spiro atoms. The lowest BCUT2D eigenvalue weighted by molar-refractivity contribution is -0.901. The van der Waals surface area contributed by atoms with Crippen molar-refractivity contribution >= 4 is 113 Å². The Morgan fingerprint density at radius 3 is 1.65 bits per heavy atom. The Hall–Kier alpha value is -6.30. The number of hydrogen-bond donors (Lipinski definition) is 2. The van der Waals surface area contributed by atoms with E-state index in [1.807, 2.05) is 161 Å². The summed E-state index contributed by atoms with van der Waals surface area (Å²) in [5.41, 5.74) is 61.0. The molecule has 2 aliphatic heterocycles. The van der Waals surface area contributed by atoms with Crippen LogP contribution >= 0.6 is 0 Å². The van der Waals surface area contributed by atoms with Crippen LogP contribution in [0.3, 0.4) is 0 Å². The summed E-state index contributed by atoms with van der Waals surface area (Å²) in [5.74, 6) is 5.24. The van der Waals surface area contributed by atoms with Gasteiger partial charge in [-0.2, -0.15) is 0 Å². The highest BCUT2D eigenvalue weighted by Gasteiger charge is 2.89. The van der Waals surface area contributed by atoms with Crippen LogP contribution in [0.2, 0.25) is 0 Å². The first-order chi connectivity index (χ1) is 42.4. The highest BCUT2D eigenvalue weighted by Crippen LogP contribution is 2.97. The Labute approximate surface area is 489 Å². The Bertz CT molecular complexity index is 6280. The SMILES string of the molecule is C[N+]1(CCOCCOCCN)CC23C4=C5c6c7c8c9c(c%10c%11c%12c%13c%14c%15c%16c%17c%18c%19c%20c%21c%22c%23c(c6c6c%22c%22c%20c(c%15%19)c%13c(c%129)c%22c86)C5C5C6c8c9c(c-%17c%12c8C5C%23C%21C%12%18)C5c8c-9c(c2c-%10c8C%112C[N+](C)(CCOCCOCCN)CC%142C%165)C46)C73C1. The zero-order chi connectivity index (χ0) is 53.5. The van der Waals surface area contributed by atoms with E-state index in [0.29, 0.717) is 112 Å². The molecule has 0 radical (unpaired) electrons. The van der Waals surface area contributed by atoms with Crippen LogP contribution in [-0.4, -0.2) is 128 Å². The van der Waals surface area contributed by atoms with E-state index in [2.05, 4.69) is 14.1 Å². The monoisotopic (exact) mass is 1110 g/mol. The van der Waals surface area contributed by atoms with Gasteiger partial charge in [0.05, 0.1) is 115 Å². The van der Waals surface area contributed by atoms with E-state index in [1.165, 1.54) is 26.2 Å². The minimum absolute atomic E-state index is 0.0780. The van der Waals surface area contributed by atoms with Crippen molar-refractivity contribution in [2.45, 2.75) is 74.9 Å². The lowest BCUT2D eigenvalue weighted by Crippen LogP contribution is -2.56. The van der Waals surface area contributed by atoms with Crippen LogP contribution in [0.25, 0.3) is 147 Å². The van der Waals surface area contributed by atoms with E-state index in [0.717, 1.165) is 35.3 Å². The standard InChI is InChI=1S/C78H52N4O4/c1-81(5-9-85-13-11-83-7-3-79)15-75-67-53-43-32-23-19-20-22-27-21(19)28-25-30(23)38(43)49-41-34(25)45-36(28)47-40(27)48-37-29(22)26-31-24(20)33(32)44-39(31)50-42-35(26)46(37)58-62-52(42)64(60(50)68(75)54(44)53)74-66-65-71-61(51(41)63(59(49)67)73(65)78(74,75)18-81)57(45)69-55(47)56(48)70(58)77(72(62)66)17-82(2,16-76(69,71)77)6-10-86-14-12-84-8-4-80/h19,21,23,28,36,45,47,57,59,67H,3-18,79-80H2,1-2H3/q+2. The molecule has 8 nitrogen and oxygen atoms in total. The van der Waals surface area contributed by atoms with Crippen molar-refractivity contribution in [2.75, 3.05) is 119 Å². The van der Waals surface area contributed by atoms with Gasteiger partial charge in [0.15, 0.2) is 0 Å². The summed E-state index contributed by atoms with van der Waals surface area (Å²) in [6.45, 7) is 13.1. The van der Waals surface area contributed by atoms with Gasteiger partial charge in [-0.1, -0.05) is 0 Å². The molecule has 4 N–H and O–H groups in total. The fraction of sp³-hybridized carbons (Fsp3) is 0.410. The first kappa shape index (κ1) is 39.6. The Kier molecular flexibility index (Phi) is 4.61. The summed E-state index contributed by atoms with van der Waals surface area (Å²) >= 11 is 0. The first-order valence-electron chi connectivity index (χ1n) is 34.0. The third-order valence-electron chi connectivity index (χ3n) is 32.8. The van der Waals surface area contributed by atoms with Gasteiger partial charge in [0.25, 0.3) is 0 Å². The van der Waals surface area contributed by atoms with Gasteiger partial charge in [-0.05, 0) is 276 Å². The smallest absolute Gasteiger partial charge is 0.102 e. The number of rotatable bonds is 16. The number of ether oxygens (including phenoxy) is 4. The second-order valence-electron chi connectivity index (χ2n) is 33.9. The predicted molar refractivity (Wildman–Crippen MR) is 331 cm³/mol. The number of allylic oxidation sites excluding steroid dienone is 1. The molecule has 16 atom stereocenters. The molecule has 86 heavy (non-hydrogen) atoms. The van der Waals surface area contributed by atoms with Gasteiger partial charge in [0.1, 0.15) is 13.1 Å². The fourth-order valence-corrected chi connectivity index (χ4v) is 33.3. The minimum atomic E-state index is -0.164. The summed E-state index contributed by atoms with van der Waals surface area (Å²) in [7, 11) is 5.51. The molecule has 0 bridgehead atoms. The summed E-state index contributed by atoms with van der Waals surface area (Å²) in [4.78, 5) is 0. The van der Waals surface area contributed by atoms with Crippen LogP contribution < -0.4 is 11.5 Å². The van der Waals surface area contributed by atoms with Gasteiger partial charge in [0, 0.05) is 48.6 Å². The predicted octanol–water partition coefficient (Wildman–Crippen LogP) is 11.2. The van der Waals surface area contributed by atoms with Crippen LogP contribution in [0.15, 0.2) is 5.57 Å². The molecule has 0 amide bonds. The van der Waals surface area contributed by atoms with Gasteiger partial charge in [0.2, 0.25) is 0 Å². The molecular weight excluding hydrogens is 1060 g/mol. The molecule has 0 aromatic heterocycles. The summed E-state index contributed by atoms with van der Waals surface area (Å²) in [5, 5.41) is 35.6. The third-order valence-corrected chi connectivity index (χ3v) is 32.8. The minimum Gasteiger partial charge on any atom is -0.378 e. The largest absolute Gasteiger partial charge is 0.378 e. The quantitative estimate of drug-likeness (QED) is 0.0569. The molecule has 406 valence electrons. The normalized spacial score (nSPS) is 39.5. The lowest BCUT2D eigenvalue weighted by atomic mass is 9.44. The summed E-state index contributed by atoms with van der Waals surface area (Å²) in [6.07, 6.45) is 0. The van der Waals surface area contributed by atoms with E-state index >= 15 is 0 Å². The lowest BCUT2D eigenvalue weighted by Gasteiger charge is -2.55. The highest BCUT2D eigenvalue weighted by atomic mass is 16.5. The third kappa shape index (κ3) is 2.55. The summed E-state index contributed by atoms with van der Waals surface area (Å²) < 4.78 is 27.6. The molecule has 13 aromatic carbocycles. The number of likely N-dealkylation sites (tertiary alicyclic amines) is 2. The molecule has 2 heterocycles. The number of hydrogen-bond acceptors (Lipinski definition) is 6. The average molecular weight is 1110 g/mol. The molecular formula is C78H52N4O4+2. The van der Waals surface area contributed by atoms with Crippen LogP contribution in [0.5, 0.6) is 0 Å². The Morgan fingerprint density at radius 2 is 0.884 bits per heavy atom. The molecule has 16 unspecified atom stereocenters. The topological polar surface area (TPSA) is 89.0 Å². The second kappa shape index (κ2) is 10.0. The van der Waals surface area contributed by atoms with Crippen molar-refractivity contribution in [3.8, 4) is 33.4 Å². The molecule has 2 fully saturated rings. The summed E-state index contributed by atoms with van der Waals surface area (Å²) in [6, 6.07) is 0. The number of quaternary nitrogens is 2. The number of nitrogens with two attached hydrogens (primary N) is 2. The molecule has 34 rings (SSSR count). The number of benzene rings is 10. The maximum Gasteiger partial charge on any atom is 0.102 e. The molecule has 21 aliphatic rings. The average Bonchev–Trinajstić information content (AvgIpc) is 1.37. The maximum absolute atomic E-state index is 6.78. The molecule has 8 heteroatoms. The van der Waals surface area contributed by atoms with E-state index in [9.17, 15) is 0 Å². The van der Waals surface area contributed by atoms with E-state index in [4.69, 9.17) is 30.4 Å². The zero-order valence-corrected chi connectivity index (χ0v) is 47.8. The molecule has 2 saturated heterocycles. The second-order valence-corrected chi connectivity index (χ2v) is 33.9. The zero-order valence-electron chi connectivity index (χ0n) is 47.8. The fourth-order valence-electron chi connectivity index (χ4n) is 33.3. The van der Waals surface area contributed by atoms with Gasteiger partial charge in [-0.15, -0.1) is 0 Å². The van der Waals surface area contributed by atoms with Crippen molar-refractivity contribution in [2.24, 2.45) is 17.4 Å². The molecule has 19 aliphatic carbocycles. The number of nitrogens with zero attached hydrogens (tertiary/aromatic N) is 2. The Balaban J connectivity index is 0.856. The van der Waals surface area contributed by atoms with Crippen LogP contribution in [0, 0.1) is 5.92 Å². The van der Waals surface area contributed by atoms with E-state index in [1.54, 1.807) is 91.6 Å². The van der Waals surface area contributed by atoms with Crippen LogP contribution in [0.1, 0.15) is 153 Å². The number of likely N-dealkylation sites (N-methyl/N-ethyl adjacent to an activating group) is 2. The van der Waals surface area contributed by atoms with Crippen LogP contribution in [-0.2, 0) is 40.6 Å². The van der Waals surface area contributed by atoms with Gasteiger partial charge < -0.3 is 39.4 Å². The van der Waals surface area contributed by atoms with Crippen molar-refractivity contribution in [3.05, 3.63) is 106 Å². The van der Waals surface area contributed by atoms with Crippen molar-refractivity contribution < 1.29 is 27.9 Å². The molecule has 13 aromatic rings. The van der Waals surface area contributed by atoms with Crippen LogP contribution in [0.4, 0.5) is 0 Å². The maximum atomic E-state index is 6.78. The van der Waals surface area contributed by atoms with Gasteiger partial charge >= 0.3 is 0 Å². The molecule has 0 saturated carbocycles. The Morgan fingerprint density at radius 1 is 0.337 bits per heavy atom. The van der Waals surface area contributed by atoms with E-state index < -0.39 is 0 Å². The first-order valence-corrected chi connectivity index (χ1v) is 34.0. The van der Waals surface area contributed by atoms with Crippen molar-refractivity contribution in [3.63, 3.8) is 0 Å². The van der Waals surface area contributed by atoms with Crippen molar-refractivity contribution in [1.82, 2.24) is 0 Å².